The second kappa shape index (κ2) is 13.6. The highest BCUT2D eigenvalue weighted by Gasteiger charge is 2.16. The van der Waals surface area contributed by atoms with Crippen molar-refractivity contribution in [3.05, 3.63) is 200 Å². The molecule has 0 fully saturated rings. The first-order valence-electron chi connectivity index (χ1n) is 19.2. The van der Waals surface area contributed by atoms with Crippen molar-refractivity contribution in [1.29, 1.82) is 0 Å². The van der Waals surface area contributed by atoms with E-state index < -0.39 is 0 Å². The van der Waals surface area contributed by atoms with Gasteiger partial charge in [0.2, 0.25) is 0 Å². The first-order valence-corrected chi connectivity index (χ1v) is 19.2. The van der Waals surface area contributed by atoms with Gasteiger partial charge in [-0.25, -0.2) is 15.0 Å². The molecular formula is C53H33N3O. The van der Waals surface area contributed by atoms with Crippen molar-refractivity contribution >= 4 is 43.5 Å². The van der Waals surface area contributed by atoms with E-state index in [-0.39, 0.29) is 0 Å². The average molecular weight is 728 g/mol. The smallest absolute Gasteiger partial charge is 0.164 e. The van der Waals surface area contributed by atoms with E-state index in [2.05, 4.69) is 170 Å². The van der Waals surface area contributed by atoms with Gasteiger partial charge in [0.25, 0.3) is 0 Å². The fraction of sp³-hybridized carbons (Fsp3) is 0. The third-order valence-corrected chi connectivity index (χ3v) is 10.9. The van der Waals surface area contributed by atoms with Gasteiger partial charge >= 0.3 is 0 Å². The lowest BCUT2D eigenvalue weighted by Gasteiger charge is -2.12. The predicted molar refractivity (Wildman–Crippen MR) is 235 cm³/mol. The SMILES string of the molecule is c1ccc(-c2cccc(-c3ccc(-c4nc(-c5cccc(-c6cccc7ccc8ccccc8c67)c5)nc(-c5ccc6c(c5)oc5ccccc56)n4)cc3)c2)cc1. The lowest BCUT2D eigenvalue weighted by molar-refractivity contribution is 0.669. The van der Waals surface area contributed by atoms with Crippen molar-refractivity contribution in [2.45, 2.75) is 0 Å². The van der Waals surface area contributed by atoms with Gasteiger partial charge in [0, 0.05) is 27.5 Å². The third-order valence-electron chi connectivity index (χ3n) is 10.9. The number of nitrogens with zero attached hydrogens (tertiary/aromatic N) is 3. The van der Waals surface area contributed by atoms with Gasteiger partial charge in [-0.05, 0) is 85.3 Å². The Morgan fingerprint density at radius 2 is 0.789 bits per heavy atom. The summed E-state index contributed by atoms with van der Waals surface area (Å²) in [7, 11) is 0. The quantitative estimate of drug-likeness (QED) is 0.160. The highest BCUT2D eigenvalue weighted by atomic mass is 16.3. The monoisotopic (exact) mass is 727 g/mol. The first-order chi connectivity index (χ1) is 28.2. The van der Waals surface area contributed by atoms with Gasteiger partial charge in [-0.2, -0.15) is 0 Å². The van der Waals surface area contributed by atoms with Crippen LogP contribution in [0.4, 0.5) is 0 Å². The number of aromatic nitrogens is 3. The zero-order chi connectivity index (χ0) is 37.7. The Balaban J connectivity index is 1.04. The van der Waals surface area contributed by atoms with E-state index in [9.17, 15) is 0 Å². The zero-order valence-corrected chi connectivity index (χ0v) is 30.8. The second-order valence-corrected chi connectivity index (χ2v) is 14.4. The number of furan rings is 1. The molecule has 2 aromatic heterocycles. The van der Waals surface area contributed by atoms with E-state index in [4.69, 9.17) is 19.4 Å². The molecule has 0 aliphatic carbocycles. The minimum Gasteiger partial charge on any atom is -0.456 e. The summed E-state index contributed by atoms with van der Waals surface area (Å²) in [4.78, 5) is 15.4. The van der Waals surface area contributed by atoms with Gasteiger partial charge in [0.05, 0.1) is 0 Å². The van der Waals surface area contributed by atoms with Gasteiger partial charge in [-0.3, -0.25) is 0 Å². The molecule has 0 aliphatic rings. The molecule has 57 heavy (non-hydrogen) atoms. The average Bonchev–Trinajstić information content (AvgIpc) is 3.67. The van der Waals surface area contributed by atoms with Crippen LogP contribution in [-0.2, 0) is 0 Å². The maximum Gasteiger partial charge on any atom is 0.164 e. The van der Waals surface area contributed by atoms with Crippen LogP contribution in [0.15, 0.2) is 205 Å². The Hall–Kier alpha value is -7.69. The predicted octanol–water partition coefficient (Wildman–Crippen LogP) is 14.1. The Kier molecular flexibility index (Phi) is 7.78. The molecule has 11 aromatic rings. The molecule has 0 N–H and O–H groups in total. The summed E-state index contributed by atoms with van der Waals surface area (Å²) in [5, 5.41) is 7.04. The van der Waals surface area contributed by atoms with Crippen molar-refractivity contribution in [3.8, 4) is 67.5 Å². The number of hydrogen-bond acceptors (Lipinski definition) is 4. The van der Waals surface area contributed by atoms with Crippen LogP contribution in [-0.4, -0.2) is 15.0 Å². The summed E-state index contributed by atoms with van der Waals surface area (Å²) in [5.41, 5.74) is 11.2. The largest absolute Gasteiger partial charge is 0.456 e. The fourth-order valence-electron chi connectivity index (χ4n) is 8.07. The number of fused-ring (bicyclic) bond motifs is 6. The summed E-state index contributed by atoms with van der Waals surface area (Å²) < 4.78 is 6.30. The summed E-state index contributed by atoms with van der Waals surface area (Å²) in [6, 6.07) is 70.1. The van der Waals surface area contributed by atoms with Crippen LogP contribution in [0.1, 0.15) is 0 Å². The maximum atomic E-state index is 6.30. The van der Waals surface area contributed by atoms with Gasteiger partial charge < -0.3 is 4.42 Å². The number of benzene rings is 9. The lowest BCUT2D eigenvalue weighted by atomic mass is 9.93. The van der Waals surface area contributed by atoms with Crippen molar-refractivity contribution in [2.75, 3.05) is 0 Å². The Morgan fingerprint density at radius 3 is 1.60 bits per heavy atom. The topological polar surface area (TPSA) is 51.8 Å². The Labute approximate surface area is 329 Å². The van der Waals surface area contributed by atoms with Crippen LogP contribution in [0.3, 0.4) is 0 Å². The van der Waals surface area contributed by atoms with Crippen LogP contribution in [0.2, 0.25) is 0 Å². The molecule has 0 saturated heterocycles. The van der Waals surface area contributed by atoms with E-state index in [1.807, 2.05) is 30.3 Å². The van der Waals surface area contributed by atoms with Crippen LogP contribution < -0.4 is 0 Å². The third kappa shape index (κ3) is 5.92. The van der Waals surface area contributed by atoms with Gasteiger partial charge in [-0.1, -0.05) is 170 Å². The molecule has 0 saturated carbocycles. The highest BCUT2D eigenvalue weighted by molar-refractivity contribution is 6.14. The van der Waals surface area contributed by atoms with Gasteiger partial charge in [-0.15, -0.1) is 0 Å². The molecule has 0 spiro atoms. The standard InChI is InChI=1S/C53H33N3O/c1-2-11-34(12-3-1)39-15-8-16-40(31-39)35-23-27-38(28-24-35)51-54-52(56-53(55-51)43-29-30-47-46-20-6-7-22-48(46)57-49(47)33-43)42-18-9-17-41(32-42)45-21-10-14-37-26-25-36-13-4-5-19-44(36)50(37)45/h1-33H. The molecule has 0 amide bonds. The van der Waals surface area contributed by atoms with E-state index in [0.29, 0.717) is 17.5 Å². The van der Waals surface area contributed by atoms with Crippen LogP contribution in [0.5, 0.6) is 0 Å². The Morgan fingerprint density at radius 1 is 0.281 bits per heavy atom. The summed E-state index contributed by atoms with van der Waals surface area (Å²) in [6.45, 7) is 0. The molecule has 0 bridgehead atoms. The summed E-state index contributed by atoms with van der Waals surface area (Å²) >= 11 is 0. The molecule has 9 aromatic carbocycles. The van der Waals surface area contributed by atoms with Crippen molar-refractivity contribution in [1.82, 2.24) is 15.0 Å². The molecule has 266 valence electrons. The molecule has 0 aliphatic heterocycles. The van der Waals surface area contributed by atoms with Crippen molar-refractivity contribution in [2.24, 2.45) is 0 Å². The van der Waals surface area contributed by atoms with E-state index in [1.54, 1.807) is 0 Å². The normalized spacial score (nSPS) is 11.5. The van der Waals surface area contributed by atoms with E-state index >= 15 is 0 Å². The molecule has 4 heteroatoms. The van der Waals surface area contributed by atoms with Crippen LogP contribution in [0.25, 0.3) is 111 Å². The molecular weight excluding hydrogens is 695 g/mol. The first kappa shape index (κ1) is 32.7. The lowest BCUT2D eigenvalue weighted by Crippen LogP contribution is -2.00. The second-order valence-electron chi connectivity index (χ2n) is 14.4. The van der Waals surface area contributed by atoms with Gasteiger partial charge in [0.15, 0.2) is 17.5 Å². The summed E-state index contributed by atoms with van der Waals surface area (Å²) in [5.74, 6) is 1.79. The van der Waals surface area contributed by atoms with Crippen molar-refractivity contribution < 1.29 is 4.42 Å². The van der Waals surface area contributed by atoms with Gasteiger partial charge in [0.1, 0.15) is 11.2 Å². The number of hydrogen-bond donors (Lipinski definition) is 0. The zero-order valence-electron chi connectivity index (χ0n) is 30.8. The Bertz CT molecular complexity index is 3290. The van der Waals surface area contributed by atoms with Crippen LogP contribution in [0, 0.1) is 0 Å². The fourth-order valence-corrected chi connectivity index (χ4v) is 8.07. The molecule has 2 heterocycles. The van der Waals surface area contributed by atoms with Crippen LogP contribution >= 0.6 is 0 Å². The molecule has 0 atom stereocenters. The molecule has 0 unspecified atom stereocenters. The maximum absolute atomic E-state index is 6.30. The highest BCUT2D eigenvalue weighted by Crippen LogP contribution is 2.37. The molecule has 4 nitrogen and oxygen atoms in total. The van der Waals surface area contributed by atoms with E-state index in [0.717, 1.165) is 55.3 Å². The minimum absolute atomic E-state index is 0.582. The van der Waals surface area contributed by atoms with Crippen molar-refractivity contribution in [3.63, 3.8) is 0 Å². The molecule has 0 radical (unpaired) electrons. The van der Waals surface area contributed by atoms with E-state index in [1.165, 1.54) is 38.2 Å². The number of para-hydroxylation sites is 1. The number of rotatable bonds is 6. The molecule has 11 rings (SSSR count). The minimum atomic E-state index is 0.582. The summed E-state index contributed by atoms with van der Waals surface area (Å²) in [6.07, 6.45) is 0.